The van der Waals surface area contributed by atoms with Crippen LogP contribution in [0, 0.1) is 5.95 Å². The van der Waals surface area contributed by atoms with E-state index in [1.54, 1.807) is 12.4 Å². The minimum absolute atomic E-state index is 0.253. The summed E-state index contributed by atoms with van der Waals surface area (Å²) in [6, 6.07) is 6.36. The zero-order valence-corrected chi connectivity index (χ0v) is 9.64. The number of hydrogen-bond donors (Lipinski definition) is 1. The van der Waals surface area contributed by atoms with Gasteiger partial charge in [0.15, 0.2) is 0 Å². The van der Waals surface area contributed by atoms with Gasteiger partial charge >= 0.3 is 0 Å². The predicted molar refractivity (Wildman–Crippen MR) is 64.5 cm³/mol. The lowest BCUT2D eigenvalue weighted by atomic mass is 10.2. The molecule has 2 rings (SSSR count). The Morgan fingerprint density at radius 1 is 1.22 bits per heavy atom. The Morgan fingerprint density at radius 2 is 2.00 bits per heavy atom. The highest BCUT2D eigenvalue weighted by Crippen LogP contribution is 2.00. The second kappa shape index (κ2) is 5.86. The fourth-order valence-electron chi connectivity index (χ4n) is 1.48. The number of hydrogen-bond acceptors (Lipinski definition) is 3. The molecule has 18 heavy (non-hydrogen) atoms. The SMILES string of the molecule is O=C(NCCc1ccncc1)c1ccc(F)nc1. The summed E-state index contributed by atoms with van der Waals surface area (Å²) in [4.78, 5) is 19.0. The predicted octanol–water partition coefficient (Wildman–Crippen LogP) is 1.59. The number of carbonyl (C=O) groups is 1. The molecule has 0 aliphatic rings. The smallest absolute Gasteiger partial charge is 0.252 e. The molecule has 0 bridgehead atoms. The first-order chi connectivity index (χ1) is 8.75. The van der Waals surface area contributed by atoms with E-state index in [0.29, 0.717) is 12.1 Å². The lowest BCUT2D eigenvalue weighted by molar-refractivity contribution is 0.0953. The lowest BCUT2D eigenvalue weighted by Crippen LogP contribution is -2.25. The molecule has 1 N–H and O–H groups in total. The van der Waals surface area contributed by atoms with E-state index in [4.69, 9.17) is 0 Å². The first-order valence-corrected chi connectivity index (χ1v) is 5.54. The number of rotatable bonds is 4. The number of halogens is 1. The highest BCUT2D eigenvalue weighted by atomic mass is 19.1. The quantitative estimate of drug-likeness (QED) is 0.832. The van der Waals surface area contributed by atoms with E-state index in [1.807, 2.05) is 12.1 Å². The summed E-state index contributed by atoms with van der Waals surface area (Å²) in [5.74, 6) is -0.847. The van der Waals surface area contributed by atoms with Gasteiger partial charge in [0.05, 0.1) is 5.56 Å². The maximum atomic E-state index is 12.6. The molecule has 0 aromatic carbocycles. The van der Waals surface area contributed by atoms with Crippen molar-refractivity contribution in [3.8, 4) is 0 Å². The van der Waals surface area contributed by atoms with Crippen LogP contribution in [0.1, 0.15) is 15.9 Å². The van der Waals surface area contributed by atoms with Gasteiger partial charge < -0.3 is 5.32 Å². The largest absolute Gasteiger partial charge is 0.352 e. The Bertz CT molecular complexity index is 514. The third-order valence-electron chi connectivity index (χ3n) is 2.44. The van der Waals surface area contributed by atoms with Gasteiger partial charge in [-0.15, -0.1) is 0 Å². The fourth-order valence-corrected chi connectivity index (χ4v) is 1.48. The van der Waals surface area contributed by atoms with E-state index in [1.165, 1.54) is 12.3 Å². The molecule has 5 heteroatoms. The van der Waals surface area contributed by atoms with Crippen molar-refractivity contribution in [1.29, 1.82) is 0 Å². The van der Waals surface area contributed by atoms with E-state index in [2.05, 4.69) is 15.3 Å². The van der Waals surface area contributed by atoms with Crippen LogP contribution in [-0.2, 0) is 6.42 Å². The van der Waals surface area contributed by atoms with E-state index >= 15 is 0 Å². The molecule has 0 saturated carbocycles. The van der Waals surface area contributed by atoms with Crippen LogP contribution in [0.5, 0.6) is 0 Å². The average molecular weight is 245 g/mol. The van der Waals surface area contributed by atoms with Crippen LogP contribution in [0.15, 0.2) is 42.9 Å². The normalized spacial score (nSPS) is 10.1. The number of amides is 1. The molecule has 0 spiro atoms. The van der Waals surface area contributed by atoms with Gasteiger partial charge in [-0.25, -0.2) is 4.98 Å². The molecule has 2 aromatic rings. The highest BCUT2D eigenvalue weighted by molar-refractivity contribution is 5.93. The Kier molecular flexibility index (Phi) is 3.96. The van der Waals surface area contributed by atoms with Crippen molar-refractivity contribution in [2.75, 3.05) is 6.54 Å². The van der Waals surface area contributed by atoms with Crippen LogP contribution in [0.4, 0.5) is 4.39 Å². The Morgan fingerprint density at radius 3 is 2.67 bits per heavy atom. The highest BCUT2D eigenvalue weighted by Gasteiger charge is 2.05. The van der Waals surface area contributed by atoms with Crippen LogP contribution in [-0.4, -0.2) is 22.4 Å². The summed E-state index contributed by atoms with van der Waals surface area (Å²) in [6.45, 7) is 0.514. The van der Waals surface area contributed by atoms with E-state index in [9.17, 15) is 9.18 Å². The zero-order chi connectivity index (χ0) is 12.8. The summed E-state index contributed by atoms with van der Waals surface area (Å²) in [5, 5.41) is 2.75. The third-order valence-corrected chi connectivity index (χ3v) is 2.44. The molecule has 1 amide bonds. The molecular formula is C13H12FN3O. The number of nitrogens with zero attached hydrogens (tertiary/aromatic N) is 2. The van der Waals surface area contributed by atoms with Crippen molar-refractivity contribution in [1.82, 2.24) is 15.3 Å². The minimum Gasteiger partial charge on any atom is -0.352 e. The molecule has 4 nitrogen and oxygen atoms in total. The van der Waals surface area contributed by atoms with Crippen molar-refractivity contribution in [2.24, 2.45) is 0 Å². The first-order valence-electron chi connectivity index (χ1n) is 5.54. The lowest BCUT2D eigenvalue weighted by Gasteiger charge is -2.04. The van der Waals surface area contributed by atoms with Gasteiger partial charge in [-0.05, 0) is 36.2 Å². The van der Waals surface area contributed by atoms with Crippen LogP contribution in [0.3, 0.4) is 0 Å². The Labute approximate surface area is 104 Å². The molecule has 0 radical (unpaired) electrons. The summed E-state index contributed by atoms with van der Waals surface area (Å²) < 4.78 is 12.6. The molecule has 0 aliphatic heterocycles. The molecular weight excluding hydrogens is 233 g/mol. The second-order valence-corrected chi connectivity index (χ2v) is 3.73. The number of nitrogens with one attached hydrogen (secondary N) is 1. The monoisotopic (exact) mass is 245 g/mol. The molecule has 2 heterocycles. The van der Waals surface area contributed by atoms with Crippen molar-refractivity contribution >= 4 is 5.91 Å². The topological polar surface area (TPSA) is 54.9 Å². The van der Waals surface area contributed by atoms with Gasteiger partial charge in [0, 0.05) is 25.1 Å². The van der Waals surface area contributed by atoms with Gasteiger partial charge in [-0.1, -0.05) is 0 Å². The average Bonchev–Trinajstić information content (AvgIpc) is 2.40. The van der Waals surface area contributed by atoms with Crippen LogP contribution < -0.4 is 5.32 Å². The third kappa shape index (κ3) is 3.35. The molecule has 0 aliphatic carbocycles. The van der Waals surface area contributed by atoms with E-state index in [0.717, 1.165) is 18.1 Å². The first kappa shape index (κ1) is 12.2. The maximum absolute atomic E-state index is 12.6. The Hall–Kier alpha value is -2.30. The molecule has 0 fully saturated rings. The fraction of sp³-hybridized carbons (Fsp3) is 0.154. The van der Waals surface area contributed by atoms with E-state index < -0.39 is 5.95 Å². The van der Waals surface area contributed by atoms with Gasteiger partial charge in [0.2, 0.25) is 5.95 Å². The van der Waals surface area contributed by atoms with Crippen molar-refractivity contribution in [3.05, 3.63) is 59.9 Å². The molecule has 0 unspecified atom stereocenters. The van der Waals surface area contributed by atoms with Crippen LogP contribution in [0.25, 0.3) is 0 Å². The standard InChI is InChI=1S/C13H12FN3O/c14-12-2-1-11(9-17-12)13(18)16-8-5-10-3-6-15-7-4-10/h1-4,6-7,9H,5,8H2,(H,16,18). The molecule has 2 aromatic heterocycles. The molecule has 0 saturated heterocycles. The maximum Gasteiger partial charge on any atom is 0.252 e. The van der Waals surface area contributed by atoms with Crippen molar-refractivity contribution < 1.29 is 9.18 Å². The van der Waals surface area contributed by atoms with E-state index in [-0.39, 0.29) is 5.91 Å². The summed E-state index contributed by atoms with van der Waals surface area (Å²) >= 11 is 0. The van der Waals surface area contributed by atoms with Crippen LogP contribution in [0.2, 0.25) is 0 Å². The van der Waals surface area contributed by atoms with Gasteiger partial charge in [-0.2, -0.15) is 4.39 Å². The van der Waals surface area contributed by atoms with Gasteiger partial charge in [0.1, 0.15) is 0 Å². The van der Waals surface area contributed by atoms with Gasteiger partial charge in [0.25, 0.3) is 5.91 Å². The Balaban J connectivity index is 1.84. The molecule has 0 atom stereocenters. The van der Waals surface area contributed by atoms with Crippen molar-refractivity contribution in [3.63, 3.8) is 0 Å². The summed E-state index contributed by atoms with van der Waals surface area (Å²) in [6.07, 6.45) is 5.36. The summed E-state index contributed by atoms with van der Waals surface area (Å²) in [5.41, 5.74) is 1.45. The summed E-state index contributed by atoms with van der Waals surface area (Å²) in [7, 11) is 0. The van der Waals surface area contributed by atoms with Gasteiger partial charge in [-0.3, -0.25) is 9.78 Å². The van der Waals surface area contributed by atoms with Crippen LogP contribution >= 0.6 is 0 Å². The molecule has 92 valence electrons. The van der Waals surface area contributed by atoms with Crippen molar-refractivity contribution in [2.45, 2.75) is 6.42 Å². The number of pyridine rings is 2. The zero-order valence-electron chi connectivity index (χ0n) is 9.64. The minimum atomic E-state index is -0.594. The second-order valence-electron chi connectivity index (χ2n) is 3.73. The number of carbonyl (C=O) groups excluding carboxylic acids is 1. The number of aromatic nitrogens is 2.